The highest BCUT2D eigenvalue weighted by Gasteiger charge is 2.31. The van der Waals surface area contributed by atoms with E-state index in [0.29, 0.717) is 11.8 Å². The second-order valence-corrected chi connectivity index (χ2v) is 4.96. The highest BCUT2D eigenvalue weighted by atomic mass is 19.4. The zero-order valence-corrected chi connectivity index (χ0v) is 13.0. The molecule has 0 amide bonds. The zero-order valence-electron chi connectivity index (χ0n) is 13.0. The number of methoxy groups -OCH3 is 1. The number of esters is 1. The zero-order chi connectivity index (χ0) is 18.6. The van der Waals surface area contributed by atoms with Gasteiger partial charge in [-0.15, -0.1) is 0 Å². The number of rotatable bonds is 5. The number of carbonyl (C=O) groups excluding carboxylic acids is 2. The van der Waals surface area contributed by atoms with Crippen molar-refractivity contribution in [1.29, 1.82) is 0 Å². The molecule has 0 saturated heterocycles. The predicted molar refractivity (Wildman–Crippen MR) is 80.7 cm³/mol. The van der Waals surface area contributed by atoms with Gasteiger partial charge in [0.1, 0.15) is 17.1 Å². The summed E-state index contributed by atoms with van der Waals surface area (Å²) in [5.74, 6) is -1.88. The SMILES string of the molecule is COc1ccc(C(=O)OCC(=O)c2cccc(C(F)(F)F)c2)c(O)c1. The molecule has 2 aromatic rings. The first kappa shape index (κ1) is 18.3. The third-order valence-electron chi connectivity index (χ3n) is 3.27. The Hall–Kier alpha value is -3.03. The molecule has 0 radical (unpaired) electrons. The Morgan fingerprint density at radius 2 is 1.84 bits per heavy atom. The minimum absolute atomic E-state index is 0.197. The molecule has 2 aromatic carbocycles. The van der Waals surface area contributed by atoms with E-state index in [1.165, 1.54) is 31.4 Å². The minimum Gasteiger partial charge on any atom is -0.507 e. The lowest BCUT2D eigenvalue weighted by atomic mass is 10.1. The Kier molecular flexibility index (Phi) is 5.31. The molecule has 0 saturated carbocycles. The van der Waals surface area contributed by atoms with Crippen molar-refractivity contribution < 1.29 is 37.3 Å². The first-order valence-corrected chi connectivity index (χ1v) is 6.97. The van der Waals surface area contributed by atoms with Gasteiger partial charge in [-0.2, -0.15) is 13.2 Å². The fourth-order valence-electron chi connectivity index (χ4n) is 1.97. The summed E-state index contributed by atoms with van der Waals surface area (Å²) in [4.78, 5) is 23.8. The molecular formula is C17H13F3O5. The number of benzene rings is 2. The topological polar surface area (TPSA) is 72.8 Å². The largest absolute Gasteiger partial charge is 0.507 e. The van der Waals surface area contributed by atoms with Gasteiger partial charge in [0.05, 0.1) is 12.7 Å². The van der Waals surface area contributed by atoms with Crippen LogP contribution in [0.4, 0.5) is 13.2 Å². The van der Waals surface area contributed by atoms with Crippen LogP contribution >= 0.6 is 0 Å². The van der Waals surface area contributed by atoms with Crippen molar-refractivity contribution in [2.24, 2.45) is 0 Å². The summed E-state index contributed by atoms with van der Waals surface area (Å²) in [5.41, 5.74) is -1.41. The summed E-state index contributed by atoms with van der Waals surface area (Å²) in [6.45, 7) is -0.758. The van der Waals surface area contributed by atoms with Gasteiger partial charge in [-0.1, -0.05) is 12.1 Å². The van der Waals surface area contributed by atoms with Gasteiger partial charge >= 0.3 is 12.1 Å². The van der Waals surface area contributed by atoms with E-state index in [1.54, 1.807) is 0 Å². The molecule has 0 spiro atoms. The summed E-state index contributed by atoms with van der Waals surface area (Å²) in [6, 6.07) is 7.63. The van der Waals surface area contributed by atoms with Crippen LogP contribution in [-0.2, 0) is 10.9 Å². The number of alkyl halides is 3. The fourth-order valence-corrected chi connectivity index (χ4v) is 1.97. The summed E-state index contributed by atoms with van der Waals surface area (Å²) >= 11 is 0. The molecule has 1 N–H and O–H groups in total. The number of hydrogen-bond acceptors (Lipinski definition) is 5. The number of ketones is 1. The standard InChI is InChI=1S/C17H13F3O5/c1-24-12-5-6-13(14(21)8-12)16(23)25-9-15(22)10-3-2-4-11(7-10)17(18,19)20/h2-8,21H,9H2,1H3. The van der Waals surface area contributed by atoms with Crippen LogP contribution in [0, 0.1) is 0 Å². The van der Waals surface area contributed by atoms with Crippen molar-refractivity contribution >= 4 is 11.8 Å². The average Bonchev–Trinajstić information content (AvgIpc) is 2.58. The monoisotopic (exact) mass is 354 g/mol. The molecule has 0 atom stereocenters. The Balaban J connectivity index is 2.06. The van der Waals surface area contributed by atoms with Gasteiger partial charge in [0.25, 0.3) is 0 Å². The lowest BCUT2D eigenvalue weighted by Gasteiger charge is -2.09. The number of phenols is 1. The van der Waals surface area contributed by atoms with Crippen molar-refractivity contribution in [3.8, 4) is 11.5 Å². The molecule has 0 bridgehead atoms. The summed E-state index contributed by atoms with van der Waals surface area (Å²) in [7, 11) is 1.38. The summed E-state index contributed by atoms with van der Waals surface area (Å²) in [5, 5.41) is 9.71. The summed E-state index contributed by atoms with van der Waals surface area (Å²) < 4.78 is 47.5. The predicted octanol–water partition coefficient (Wildman–Crippen LogP) is 3.46. The van der Waals surface area contributed by atoms with Crippen LogP contribution in [0.1, 0.15) is 26.3 Å². The number of aromatic hydroxyl groups is 1. The van der Waals surface area contributed by atoms with Crippen LogP contribution in [0.25, 0.3) is 0 Å². The highest BCUT2D eigenvalue weighted by molar-refractivity contribution is 6.00. The van der Waals surface area contributed by atoms with E-state index in [9.17, 15) is 27.9 Å². The maximum atomic E-state index is 12.6. The molecule has 0 unspecified atom stereocenters. The Morgan fingerprint density at radius 3 is 2.44 bits per heavy atom. The van der Waals surface area contributed by atoms with Gasteiger partial charge in [0.2, 0.25) is 0 Å². The molecule has 132 valence electrons. The number of hydrogen-bond donors (Lipinski definition) is 1. The van der Waals surface area contributed by atoms with E-state index >= 15 is 0 Å². The number of halogens is 3. The smallest absolute Gasteiger partial charge is 0.416 e. The number of phenolic OH excluding ortho intramolecular Hbond substituents is 1. The van der Waals surface area contributed by atoms with Crippen molar-refractivity contribution in [2.45, 2.75) is 6.18 Å². The minimum atomic E-state index is -4.58. The molecule has 0 fully saturated rings. The Bertz CT molecular complexity index is 799. The average molecular weight is 354 g/mol. The normalized spacial score (nSPS) is 11.0. The molecule has 25 heavy (non-hydrogen) atoms. The third kappa shape index (κ3) is 4.50. The van der Waals surface area contributed by atoms with Gasteiger partial charge in [0.15, 0.2) is 12.4 Å². The van der Waals surface area contributed by atoms with Crippen LogP contribution in [0.5, 0.6) is 11.5 Å². The molecule has 0 aliphatic heterocycles. The Morgan fingerprint density at radius 1 is 1.12 bits per heavy atom. The van der Waals surface area contributed by atoms with Crippen LogP contribution in [0.15, 0.2) is 42.5 Å². The molecule has 0 aromatic heterocycles. The van der Waals surface area contributed by atoms with E-state index in [0.717, 1.165) is 12.1 Å². The van der Waals surface area contributed by atoms with Crippen molar-refractivity contribution in [1.82, 2.24) is 0 Å². The van der Waals surface area contributed by atoms with Crippen LogP contribution < -0.4 is 4.74 Å². The van der Waals surface area contributed by atoms with Crippen molar-refractivity contribution in [2.75, 3.05) is 13.7 Å². The molecule has 5 nitrogen and oxygen atoms in total. The summed E-state index contributed by atoms with van der Waals surface area (Å²) in [6.07, 6.45) is -4.58. The molecular weight excluding hydrogens is 341 g/mol. The van der Waals surface area contributed by atoms with E-state index in [4.69, 9.17) is 9.47 Å². The molecule has 2 rings (SSSR count). The lowest BCUT2D eigenvalue weighted by Crippen LogP contribution is -2.15. The fraction of sp³-hybridized carbons (Fsp3) is 0.176. The van der Waals surface area contributed by atoms with Crippen molar-refractivity contribution in [3.05, 3.63) is 59.2 Å². The highest BCUT2D eigenvalue weighted by Crippen LogP contribution is 2.29. The van der Waals surface area contributed by atoms with Crippen LogP contribution in [0.2, 0.25) is 0 Å². The van der Waals surface area contributed by atoms with Gasteiger partial charge < -0.3 is 14.6 Å². The molecule has 0 aliphatic rings. The quantitative estimate of drug-likeness (QED) is 0.658. The van der Waals surface area contributed by atoms with Crippen molar-refractivity contribution in [3.63, 3.8) is 0 Å². The van der Waals surface area contributed by atoms with Gasteiger partial charge in [-0.3, -0.25) is 4.79 Å². The number of ether oxygens (including phenoxy) is 2. The second kappa shape index (κ2) is 7.25. The molecule has 0 aliphatic carbocycles. The van der Waals surface area contributed by atoms with Gasteiger partial charge in [-0.25, -0.2) is 4.79 Å². The first-order valence-electron chi connectivity index (χ1n) is 6.97. The number of Topliss-reactive ketones (excluding diaryl/α,β-unsaturated/α-hetero) is 1. The van der Waals surface area contributed by atoms with Crippen LogP contribution in [-0.4, -0.2) is 30.6 Å². The second-order valence-electron chi connectivity index (χ2n) is 4.96. The number of carbonyl (C=O) groups is 2. The Labute approximate surface area is 140 Å². The molecule has 8 heteroatoms. The molecule has 0 heterocycles. The maximum Gasteiger partial charge on any atom is 0.416 e. The van der Waals surface area contributed by atoms with E-state index < -0.39 is 35.8 Å². The third-order valence-corrected chi connectivity index (χ3v) is 3.27. The van der Waals surface area contributed by atoms with Gasteiger partial charge in [-0.05, 0) is 24.3 Å². The van der Waals surface area contributed by atoms with E-state index in [1.807, 2.05) is 0 Å². The van der Waals surface area contributed by atoms with E-state index in [2.05, 4.69) is 0 Å². The first-order chi connectivity index (χ1) is 11.7. The lowest BCUT2D eigenvalue weighted by molar-refractivity contribution is -0.137. The van der Waals surface area contributed by atoms with Gasteiger partial charge in [0, 0.05) is 11.6 Å². The van der Waals surface area contributed by atoms with Crippen LogP contribution in [0.3, 0.4) is 0 Å². The van der Waals surface area contributed by atoms with E-state index in [-0.39, 0.29) is 11.1 Å². The maximum absolute atomic E-state index is 12.6.